The van der Waals surface area contributed by atoms with Gasteiger partial charge < -0.3 is 0 Å². The van der Waals surface area contributed by atoms with Gasteiger partial charge in [0.2, 0.25) is 0 Å². The van der Waals surface area contributed by atoms with Crippen LogP contribution in [0.4, 0.5) is 0 Å². The lowest BCUT2D eigenvalue weighted by molar-refractivity contribution is 0.893. The minimum atomic E-state index is -0.955. The van der Waals surface area contributed by atoms with Crippen molar-refractivity contribution < 1.29 is 0 Å². The summed E-state index contributed by atoms with van der Waals surface area (Å²) in [4.78, 5) is 0.959. The number of thioether (sulfide) groups is 2. The maximum atomic E-state index is 2.52. The highest BCUT2D eigenvalue weighted by molar-refractivity contribution is 8.04. The summed E-state index contributed by atoms with van der Waals surface area (Å²) in [6, 6.07) is 0. The minimum Gasteiger partial charge on any atom is -0.161 e. The summed E-state index contributed by atoms with van der Waals surface area (Å²) >= 11 is 4.44. The average Bonchev–Trinajstić information content (AvgIpc) is 2.20. The van der Waals surface area contributed by atoms with Crippen LogP contribution in [-0.4, -0.2) is 30.2 Å². The van der Waals surface area contributed by atoms with Gasteiger partial charge in [0.1, 0.15) is 0 Å². The number of rotatable bonds is 10. The molecule has 0 aliphatic carbocycles. The fourth-order valence-electron chi connectivity index (χ4n) is 1.35. The van der Waals surface area contributed by atoms with E-state index in [9.17, 15) is 0 Å². The molecular weight excluding hydrogens is 248 g/mol. The van der Waals surface area contributed by atoms with Crippen LogP contribution >= 0.6 is 23.5 Å². The highest BCUT2D eigenvalue weighted by Gasteiger charge is 2.26. The summed E-state index contributed by atoms with van der Waals surface area (Å²) in [6.07, 6.45) is 5.47. The second-order valence-corrected chi connectivity index (χ2v) is 13.8. The Balaban J connectivity index is 3.82. The molecule has 1 atom stereocenters. The zero-order valence-corrected chi connectivity index (χ0v) is 14.5. The van der Waals surface area contributed by atoms with Gasteiger partial charge in [0.05, 0.1) is 8.07 Å². The van der Waals surface area contributed by atoms with Gasteiger partial charge in [-0.05, 0) is 24.3 Å². The molecule has 0 nitrogen and oxygen atoms in total. The number of hydrogen-bond acceptors (Lipinski definition) is 2. The van der Waals surface area contributed by atoms with Crippen LogP contribution in [0.25, 0.3) is 0 Å². The first-order valence-corrected chi connectivity index (χ1v) is 12.5. The van der Waals surface area contributed by atoms with Crippen LogP contribution in [0, 0.1) is 0 Å². The summed E-state index contributed by atoms with van der Waals surface area (Å²) in [5.74, 6) is 4.13. The Morgan fingerprint density at radius 3 is 2.00 bits per heavy atom. The third-order valence-electron chi connectivity index (χ3n) is 2.69. The van der Waals surface area contributed by atoms with Crippen molar-refractivity contribution in [3.63, 3.8) is 0 Å². The van der Waals surface area contributed by atoms with Crippen molar-refractivity contribution in [2.24, 2.45) is 0 Å². The smallest absolute Gasteiger partial charge is 0.0597 e. The fourth-order valence-corrected chi connectivity index (χ4v) is 8.35. The molecule has 0 aromatic rings. The summed E-state index contributed by atoms with van der Waals surface area (Å²) in [7, 11) is -0.955. The van der Waals surface area contributed by atoms with Crippen LogP contribution in [0.15, 0.2) is 0 Å². The molecule has 0 radical (unpaired) electrons. The van der Waals surface area contributed by atoms with E-state index in [-0.39, 0.29) is 0 Å². The van der Waals surface area contributed by atoms with E-state index in [2.05, 4.69) is 57.0 Å². The molecule has 0 aromatic heterocycles. The number of hydrogen-bond donors (Lipinski definition) is 0. The Morgan fingerprint density at radius 1 is 0.938 bits per heavy atom. The molecule has 3 heteroatoms. The van der Waals surface area contributed by atoms with Crippen molar-refractivity contribution in [3.8, 4) is 0 Å². The molecular formula is C13H30S2Si. The van der Waals surface area contributed by atoms with Crippen LogP contribution in [0.1, 0.15) is 39.5 Å². The van der Waals surface area contributed by atoms with Gasteiger partial charge in [0.15, 0.2) is 0 Å². The van der Waals surface area contributed by atoms with E-state index in [1.807, 2.05) is 0 Å². The molecule has 0 heterocycles. The lowest BCUT2D eigenvalue weighted by Gasteiger charge is -2.28. The topological polar surface area (TPSA) is 0 Å². The van der Waals surface area contributed by atoms with Crippen LogP contribution < -0.4 is 0 Å². The molecule has 0 amide bonds. The van der Waals surface area contributed by atoms with Gasteiger partial charge in [-0.3, -0.25) is 0 Å². The molecule has 0 fully saturated rings. The van der Waals surface area contributed by atoms with E-state index in [0.29, 0.717) is 0 Å². The summed E-state index contributed by atoms with van der Waals surface area (Å²) in [6.45, 7) is 12.2. The second kappa shape index (κ2) is 9.90. The zero-order chi connectivity index (χ0) is 12.4. The molecule has 0 aliphatic rings. The average molecular weight is 279 g/mol. The van der Waals surface area contributed by atoms with Crippen molar-refractivity contribution >= 4 is 31.6 Å². The Labute approximate surface area is 113 Å². The van der Waals surface area contributed by atoms with Crippen LogP contribution in [0.2, 0.25) is 19.6 Å². The Bertz CT molecular complexity index is 155. The molecule has 1 unspecified atom stereocenters. The first-order chi connectivity index (χ1) is 7.52. The van der Waals surface area contributed by atoms with E-state index < -0.39 is 8.07 Å². The monoisotopic (exact) mass is 278 g/mol. The summed E-state index contributed by atoms with van der Waals surface area (Å²) < 4.78 is 0. The van der Waals surface area contributed by atoms with E-state index in [0.717, 1.165) is 4.87 Å². The molecule has 98 valence electrons. The maximum Gasteiger partial charge on any atom is 0.0597 e. The fraction of sp³-hybridized carbons (Fsp3) is 1.00. The SMILES string of the molecule is CCCCSCC(SCCCC)[Si](C)(C)C. The van der Waals surface area contributed by atoms with Gasteiger partial charge in [-0.2, -0.15) is 23.5 Å². The van der Waals surface area contributed by atoms with Gasteiger partial charge in [0.25, 0.3) is 0 Å². The van der Waals surface area contributed by atoms with Gasteiger partial charge in [-0.25, -0.2) is 0 Å². The predicted octanol–water partition coefficient (Wildman–Crippen LogP) is 5.30. The molecule has 0 rings (SSSR count). The zero-order valence-electron chi connectivity index (χ0n) is 11.8. The summed E-state index contributed by atoms with van der Waals surface area (Å²) in [5, 5.41) is 0. The van der Waals surface area contributed by atoms with Crippen molar-refractivity contribution in [1.29, 1.82) is 0 Å². The quantitative estimate of drug-likeness (QED) is 0.393. The van der Waals surface area contributed by atoms with Gasteiger partial charge in [-0.15, -0.1) is 0 Å². The van der Waals surface area contributed by atoms with Gasteiger partial charge in [-0.1, -0.05) is 46.3 Å². The van der Waals surface area contributed by atoms with Gasteiger partial charge in [0, 0.05) is 10.6 Å². The molecule has 0 aromatic carbocycles. The van der Waals surface area contributed by atoms with Crippen LogP contribution in [0.3, 0.4) is 0 Å². The Hall–Kier alpha value is 0.917. The van der Waals surface area contributed by atoms with E-state index in [1.54, 1.807) is 0 Å². The van der Waals surface area contributed by atoms with Crippen LogP contribution in [0.5, 0.6) is 0 Å². The molecule has 0 spiro atoms. The summed E-state index contributed by atoms with van der Waals surface area (Å²) in [5.41, 5.74) is 0. The standard InChI is InChI=1S/C13H30S2Si/c1-6-8-10-14-12-13(16(3,4)5)15-11-9-7-2/h13H,6-12H2,1-5H3. The largest absolute Gasteiger partial charge is 0.161 e. The molecule has 0 saturated heterocycles. The maximum absolute atomic E-state index is 2.52. The van der Waals surface area contributed by atoms with Crippen molar-refractivity contribution in [3.05, 3.63) is 0 Å². The van der Waals surface area contributed by atoms with E-state index in [4.69, 9.17) is 0 Å². The highest BCUT2D eigenvalue weighted by atomic mass is 32.2. The Kier molecular flexibility index (Phi) is 10.5. The molecule has 0 N–H and O–H groups in total. The van der Waals surface area contributed by atoms with Crippen molar-refractivity contribution in [1.82, 2.24) is 0 Å². The first-order valence-electron chi connectivity index (χ1n) is 6.71. The second-order valence-electron chi connectivity index (χ2n) is 5.51. The molecule has 16 heavy (non-hydrogen) atoms. The highest BCUT2D eigenvalue weighted by Crippen LogP contribution is 2.27. The lowest BCUT2D eigenvalue weighted by Crippen LogP contribution is -2.38. The predicted molar refractivity (Wildman–Crippen MR) is 86.7 cm³/mol. The van der Waals surface area contributed by atoms with E-state index in [1.165, 1.54) is 42.9 Å². The first kappa shape index (κ1) is 16.9. The Morgan fingerprint density at radius 2 is 1.50 bits per heavy atom. The normalized spacial score (nSPS) is 14.1. The third-order valence-corrected chi connectivity index (χ3v) is 10.2. The van der Waals surface area contributed by atoms with E-state index >= 15 is 0 Å². The molecule has 0 saturated carbocycles. The van der Waals surface area contributed by atoms with Gasteiger partial charge >= 0.3 is 0 Å². The number of unbranched alkanes of at least 4 members (excludes halogenated alkanes) is 2. The van der Waals surface area contributed by atoms with Crippen molar-refractivity contribution in [2.45, 2.75) is 64.0 Å². The minimum absolute atomic E-state index is 0.955. The van der Waals surface area contributed by atoms with Crippen LogP contribution in [-0.2, 0) is 0 Å². The third kappa shape index (κ3) is 9.00. The van der Waals surface area contributed by atoms with Crippen molar-refractivity contribution in [2.75, 3.05) is 17.3 Å². The lowest BCUT2D eigenvalue weighted by atomic mass is 10.4. The molecule has 0 bridgehead atoms. The molecule has 0 aliphatic heterocycles.